The first-order valence-electron chi connectivity index (χ1n) is 45.0. The van der Waals surface area contributed by atoms with Crippen molar-refractivity contribution in [1.82, 2.24) is 13.4 Å². The lowest BCUT2D eigenvalue weighted by Gasteiger charge is -2.46. The van der Waals surface area contributed by atoms with E-state index in [1.165, 1.54) is 114 Å². The molecule has 128 heavy (non-hydrogen) atoms. The van der Waals surface area contributed by atoms with Crippen LogP contribution in [0.3, 0.4) is 0 Å². The molecule has 0 amide bonds. The Bertz CT molecular complexity index is 8510. The molecule has 19 aromatic carbocycles. The Morgan fingerprint density at radius 1 is 0.203 bits per heavy atom. The molecule has 0 atom stereocenters. The predicted octanol–water partition coefficient (Wildman–Crippen LogP) is 31.1. The summed E-state index contributed by atoms with van der Waals surface area (Å²) in [5.74, 6) is 0. The molecule has 0 N–H and O–H groups in total. The second-order valence-corrected chi connectivity index (χ2v) is 37.4. The standard InChI is InChI=1S/C122H86BN5/c1-121(2,3)87-56-49-75(50-57-87)84-67-98(77-29-11-7-12-30-77)119(99(68-84)78-31-13-8-14-32-78)127-112-71-83(81-54-63-110-102(65-81)96-43-27-41-94-92-39-21-25-47-108(92)125(110)117(94)96)53-61-104(112)123-105-62-60-89(124-106-45-23-19-37-90(106)91-38-20-24-46-107(91)124)74-113(105)128(120-100(79-33-15-9-16-34-79)69-85(70-101(120)80-35-17-10-18-36-80)76-51-58-88(59-52-76)122(4,5)6)115-73-86(72-114(127)116(115)123)82-55-64-111-103(66-82)97-44-28-42-95-93-40-22-26-48-109(93)126(111)118(95)97/h7-74H,1-6H3. The molecule has 0 aliphatic carbocycles. The molecule has 7 heterocycles. The van der Waals surface area contributed by atoms with Gasteiger partial charge in [0.05, 0.1) is 55.5 Å². The van der Waals surface area contributed by atoms with Crippen LogP contribution < -0.4 is 26.2 Å². The summed E-state index contributed by atoms with van der Waals surface area (Å²) in [5, 5.41) is 12.4. The molecule has 0 radical (unpaired) electrons. The Kier molecular flexibility index (Phi) is 16.1. The van der Waals surface area contributed by atoms with E-state index in [1.54, 1.807) is 0 Å². The van der Waals surface area contributed by atoms with Gasteiger partial charge in [0.25, 0.3) is 6.71 Å². The molecule has 24 aromatic rings. The zero-order chi connectivity index (χ0) is 85.1. The Balaban J connectivity index is 0.832. The van der Waals surface area contributed by atoms with Crippen molar-refractivity contribution >= 4 is 155 Å². The Labute approximate surface area is 743 Å². The minimum Gasteiger partial charge on any atom is -0.310 e. The van der Waals surface area contributed by atoms with Crippen LogP contribution in [0.2, 0.25) is 0 Å². The summed E-state index contributed by atoms with van der Waals surface area (Å²) in [7, 11) is 0. The fraction of sp³-hybridized carbons (Fsp3) is 0.0656. The SMILES string of the molecule is CC(C)(C)c1ccc(-c2cc(-c3ccccc3)c(N3c4cc(-c5ccc6c(c5)c5cccc7c8ccccc8n6c75)ccc4B4c5ccc(-n6c7ccccc7c7ccccc76)cc5N(c5c(-c6ccccc6)cc(-c6ccc(C(C)(C)C)cc6)cc5-c5ccccc5)c5cc(-c6ccc7c(c6)c6cccc8c9ccccc9n7c86)cc3c54)c(-c3ccccc3)c2)cc1. The molecule has 0 bridgehead atoms. The molecule has 2 aliphatic rings. The van der Waals surface area contributed by atoms with Gasteiger partial charge in [-0.3, -0.25) is 0 Å². The summed E-state index contributed by atoms with van der Waals surface area (Å²) in [5.41, 5.74) is 41.3. The zero-order valence-corrected chi connectivity index (χ0v) is 72.1. The minimum absolute atomic E-state index is 0.0394. The van der Waals surface area contributed by atoms with Gasteiger partial charge in [0, 0.05) is 105 Å². The molecule has 0 saturated carbocycles. The third-order valence-electron chi connectivity index (χ3n) is 28.2. The van der Waals surface area contributed by atoms with E-state index in [0.29, 0.717) is 0 Å². The van der Waals surface area contributed by atoms with E-state index in [2.05, 4.69) is 477 Å². The molecule has 5 aromatic heterocycles. The number of aromatic nitrogens is 3. The maximum atomic E-state index is 2.75. The third kappa shape index (κ3) is 11.1. The molecule has 2 aliphatic heterocycles. The van der Waals surface area contributed by atoms with Gasteiger partial charge in [-0.15, -0.1) is 0 Å². The molecule has 602 valence electrons. The number of rotatable bonds is 11. The molecule has 5 nitrogen and oxygen atoms in total. The van der Waals surface area contributed by atoms with Crippen LogP contribution in [-0.2, 0) is 10.8 Å². The largest absolute Gasteiger partial charge is 0.310 e. The molecule has 0 saturated heterocycles. The highest BCUT2D eigenvalue weighted by atomic mass is 15.2. The van der Waals surface area contributed by atoms with E-state index < -0.39 is 0 Å². The van der Waals surface area contributed by atoms with Gasteiger partial charge < -0.3 is 23.2 Å². The Morgan fingerprint density at radius 2 is 0.500 bits per heavy atom. The summed E-state index contributed by atoms with van der Waals surface area (Å²) in [6, 6.07) is 158. The van der Waals surface area contributed by atoms with E-state index in [-0.39, 0.29) is 17.5 Å². The number of benzene rings is 19. The molecule has 0 fully saturated rings. The smallest absolute Gasteiger partial charge is 0.252 e. The van der Waals surface area contributed by atoms with Crippen LogP contribution in [0.15, 0.2) is 413 Å². The van der Waals surface area contributed by atoms with Gasteiger partial charge in [-0.05, 0) is 208 Å². The van der Waals surface area contributed by atoms with Gasteiger partial charge in [-0.1, -0.05) is 351 Å². The van der Waals surface area contributed by atoms with Crippen molar-refractivity contribution in [2.75, 3.05) is 9.80 Å². The number of fused-ring (bicyclic) bond motifs is 19. The number of hydrogen-bond donors (Lipinski definition) is 0. The van der Waals surface area contributed by atoms with Crippen molar-refractivity contribution in [3.8, 4) is 94.7 Å². The number of anilines is 6. The van der Waals surface area contributed by atoms with E-state index >= 15 is 0 Å². The Hall–Kier alpha value is -15.8. The molecule has 0 unspecified atom stereocenters. The maximum Gasteiger partial charge on any atom is 0.252 e. The summed E-state index contributed by atoms with van der Waals surface area (Å²) >= 11 is 0. The van der Waals surface area contributed by atoms with Crippen LogP contribution in [-0.4, -0.2) is 20.1 Å². The zero-order valence-electron chi connectivity index (χ0n) is 72.1. The molecule has 0 spiro atoms. The average Bonchev–Trinajstić information content (AvgIpc) is 0.886. The molecular formula is C122H86BN5. The van der Waals surface area contributed by atoms with Crippen LogP contribution in [0.5, 0.6) is 0 Å². The van der Waals surface area contributed by atoms with Crippen molar-refractivity contribution in [1.29, 1.82) is 0 Å². The van der Waals surface area contributed by atoms with Crippen molar-refractivity contribution in [2.45, 2.75) is 52.4 Å². The van der Waals surface area contributed by atoms with Gasteiger partial charge >= 0.3 is 0 Å². The van der Waals surface area contributed by atoms with Crippen molar-refractivity contribution in [3.05, 3.63) is 424 Å². The van der Waals surface area contributed by atoms with Gasteiger partial charge in [0.15, 0.2) is 0 Å². The van der Waals surface area contributed by atoms with Crippen LogP contribution in [0.4, 0.5) is 34.1 Å². The van der Waals surface area contributed by atoms with Crippen molar-refractivity contribution in [2.24, 2.45) is 0 Å². The minimum atomic E-state index is -0.330. The van der Waals surface area contributed by atoms with Crippen LogP contribution >= 0.6 is 0 Å². The second-order valence-electron chi connectivity index (χ2n) is 37.4. The first-order valence-corrected chi connectivity index (χ1v) is 45.0. The second kappa shape index (κ2) is 27.9. The highest BCUT2D eigenvalue weighted by Crippen LogP contribution is 2.57. The monoisotopic (exact) mass is 1630 g/mol. The van der Waals surface area contributed by atoms with Crippen LogP contribution in [0, 0.1) is 0 Å². The number of hydrogen-bond acceptors (Lipinski definition) is 2. The summed E-state index contributed by atoms with van der Waals surface area (Å²) in [6.45, 7) is 13.5. The quantitative estimate of drug-likeness (QED) is 0.120. The van der Waals surface area contributed by atoms with Gasteiger partial charge in [0.1, 0.15) is 0 Å². The van der Waals surface area contributed by atoms with Crippen LogP contribution in [0.1, 0.15) is 52.7 Å². The Morgan fingerprint density at radius 3 is 0.906 bits per heavy atom. The molecular weight excluding hydrogens is 1550 g/mol. The predicted molar refractivity (Wildman–Crippen MR) is 545 cm³/mol. The van der Waals surface area contributed by atoms with Crippen LogP contribution in [0.25, 0.3) is 193 Å². The van der Waals surface area contributed by atoms with E-state index in [4.69, 9.17) is 0 Å². The van der Waals surface area contributed by atoms with Gasteiger partial charge in [0.2, 0.25) is 0 Å². The lowest BCUT2D eigenvalue weighted by molar-refractivity contribution is 0.590. The summed E-state index contributed by atoms with van der Waals surface area (Å²) < 4.78 is 7.54. The third-order valence-corrected chi connectivity index (χ3v) is 28.2. The fourth-order valence-corrected chi connectivity index (χ4v) is 22.1. The van der Waals surface area contributed by atoms with E-state index in [9.17, 15) is 0 Å². The van der Waals surface area contributed by atoms with Crippen molar-refractivity contribution < 1.29 is 0 Å². The molecule has 6 heteroatoms. The maximum absolute atomic E-state index is 2.75. The first-order chi connectivity index (χ1) is 62.8. The van der Waals surface area contributed by atoms with Crippen molar-refractivity contribution in [3.63, 3.8) is 0 Å². The van der Waals surface area contributed by atoms with E-state index in [0.717, 1.165) is 140 Å². The first kappa shape index (κ1) is 73.7. The van der Waals surface area contributed by atoms with Gasteiger partial charge in [-0.2, -0.15) is 0 Å². The lowest BCUT2D eigenvalue weighted by atomic mass is 9.33. The number of para-hydroxylation sites is 6. The molecule has 26 rings (SSSR count). The average molecular weight is 1630 g/mol. The summed E-state index contributed by atoms with van der Waals surface area (Å²) in [6.07, 6.45) is 0. The number of nitrogens with zero attached hydrogens (tertiary/aromatic N) is 5. The lowest BCUT2D eigenvalue weighted by Crippen LogP contribution is -2.61. The fourth-order valence-electron chi connectivity index (χ4n) is 22.1. The highest BCUT2D eigenvalue weighted by molar-refractivity contribution is 7.00. The van der Waals surface area contributed by atoms with Gasteiger partial charge in [-0.25, -0.2) is 0 Å². The van der Waals surface area contributed by atoms with E-state index in [1.807, 2.05) is 0 Å². The normalized spacial score (nSPS) is 12.9. The highest BCUT2D eigenvalue weighted by Gasteiger charge is 2.46. The topological polar surface area (TPSA) is 20.2 Å². The summed E-state index contributed by atoms with van der Waals surface area (Å²) in [4.78, 5) is 5.50.